The van der Waals surface area contributed by atoms with Gasteiger partial charge in [-0.2, -0.15) is 21.6 Å². The highest BCUT2D eigenvalue weighted by Crippen LogP contribution is 2.37. The molecule has 6 nitrogen and oxygen atoms in total. The van der Waals surface area contributed by atoms with Crippen molar-refractivity contribution in [3.05, 3.63) is 0 Å². The van der Waals surface area contributed by atoms with Crippen molar-refractivity contribution in [2.24, 2.45) is 0 Å². The minimum atomic E-state index is -5.98. The number of nitrogens with one attached hydrogen (secondary N) is 1. The number of alkyl carbamates (subject to hydrolysis) is 1. The van der Waals surface area contributed by atoms with Crippen LogP contribution in [0.25, 0.3) is 0 Å². The molecule has 0 heterocycles. The Morgan fingerprint density at radius 3 is 2.21 bits per heavy atom. The Hall–Kier alpha value is -1.17. The van der Waals surface area contributed by atoms with Crippen LogP contribution < -0.4 is 5.32 Å². The Morgan fingerprint density at radius 1 is 1.21 bits per heavy atom. The first-order valence-electron chi connectivity index (χ1n) is 6.89. The molecule has 0 spiro atoms. The first-order valence-corrected chi connectivity index (χ1v) is 8.30. The minimum absolute atomic E-state index is 0.678. The standard InChI is InChI=1S/C12H18F5NO5S/c1-10(2,3)22-9(19)18-7-6-11(13,14)5-4-8(7)23-24(20,21)12(15,16)17/h7-8H,4-6H2,1-3H3,(H,18,19)/t7-,8?/m1/s1. The number of hydrogen-bond acceptors (Lipinski definition) is 5. The van der Waals surface area contributed by atoms with Gasteiger partial charge in [-0.15, -0.1) is 0 Å². The molecular formula is C12H18F5NO5S. The smallest absolute Gasteiger partial charge is 0.444 e. The second-order valence-electron chi connectivity index (χ2n) is 6.39. The summed E-state index contributed by atoms with van der Waals surface area (Å²) < 4.78 is 95.0. The molecule has 0 aliphatic heterocycles. The summed E-state index contributed by atoms with van der Waals surface area (Å²) in [5.74, 6) is -3.28. The van der Waals surface area contributed by atoms with E-state index in [1.807, 2.05) is 5.32 Å². The van der Waals surface area contributed by atoms with Crippen LogP contribution >= 0.6 is 0 Å². The van der Waals surface area contributed by atoms with Gasteiger partial charge in [0.05, 0.1) is 12.1 Å². The van der Waals surface area contributed by atoms with Gasteiger partial charge in [0.1, 0.15) is 5.60 Å². The topological polar surface area (TPSA) is 81.7 Å². The summed E-state index contributed by atoms with van der Waals surface area (Å²) in [6.45, 7) is 4.47. The highest BCUT2D eigenvalue weighted by molar-refractivity contribution is 7.87. The van der Waals surface area contributed by atoms with Crippen molar-refractivity contribution >= 4 is 16.2 Å². The molecule has 0 aromatic heterocycles. The first-order chi connectivity index (χ1) is 10.5. The lowest BCUT2D eigenvalue weighted by atomic mass is 9.89. The number of rotatable bonds is 3. The van der Waals surface area contributed by atoms with E-state index in [1.165, 1.54) is 20.8 Å². The van der Waals surface area contributed by atoms with Gasteiger partial charge in [-0.1, -0.05) is 0 Å². The highest BCUT2D eigenvalue weighted by atomic mass is 32.2. The van der Waals surface area contributed by atoms with E-state index in [9.17, 15) is 35.2 Å². The zero-order valence-electron chi connectivity index (χ0n) is 13.1. The fraction of sp³-hybridized carbons (Fsp3) is 0.917. The van der Waals surface area contributed by atoms with Crippen molar-refractivity contribution < 1.29 is 44.1 Å². The van der Waals surface area contributed by atoms with E-state index in [-0.39, 0.29) is 0 Å². The summed E-state index contributed by atoms with van der Waals surface area (Å²) in [5.41, 5.74) is -6.67. The first kappa shape index (κ1) is 20.9. The Kier molecular flexibility index (Phi) is 5.76. The zero-order valence-corrected chi connectivity index (χ0v) is 13.9. The molecule has 0 aromatic rings. The van der Waals surface area contributed by atoms with Crippen LogP contribution in [0.5, 0.6) is 0 Å². The van der Waals surface area contributed by atoms with Crippen LogP contribution in [0.2, 0.25) is 0 Å². The Labute approximate surface area is 135 Å². The molecule has 1 N–H and O–H groups in total. The number of carbonyl (C=O) groups excluding carboxylic acids is 1. The van der Waals surface area contributed by atoms with Crippen molar-refractivity contribution in [2.75, 3.05) is 0 Å². The minimum Gasteiger partial charge on any atom is -0.444 e. The molecule has 1 saturated carbocycles. The quantitative estimate of drug-likeness (QED) is 0.460. The third-order valence-corrected chi connectivity index (χ3v) is 4.07. The van der Waals surface area contributed by atoms with Crippen LogP contribution in [0.15, 0.2) is 0 Å². The second-order valence-corrected chi connectivity index (χ2v) is 7.95. The maximum absolute atomic E-state index is 13.5. The van der Waals surface area contributed by atoms with Crippen molar-refractivity contribution in [2.45, 2.75) is 69.2 Å². The normalized spacial score (nSPS) is 25.2. The predicted molar refractivity (Wildman–Crippen MR) is 71.8 cm³/mol. The third-order valence-electron chi connectivity index (χ3n) is 3.00. The lowest BCUT2D eigenvalue weighted by Gasteiger charge is -2.36. The average Bonchev–Trinajstić information content (AvgIpc) is 2.28. The molecule has 142 valence electrons. The number of ether oxygens (including phenoxy) is 1. The molecule has 1 rings (SSSR count). The van der Waals surface area contributed by atoms with Crippen molar-refractivity contribution in [3.63, 3.8) is 0 Å². The summed E-state index contributed by atoms with van der Waals surface area (Å²) >= 11 is 0. The summed E-state index contributed by atoms with van der Waals surface area (Å²) in [6.07, 6.45) is -5.54. The van der Waals surface area contributed by atoms with Crippen LogP contribution in [0.3, 0.4) is 0 Å². The van der Waals surface area contributed by atoms with E-state index in [4.69, 9.17) is 4.74 Å². The zero-order chi connectivity index (χ0) is 19.0. The monoisotopic (exact) mass is 383 g/mol. The van der Waals surface area contributed by atoms with Gasteiger partial charge in [-0.3, -0.25) is 4.18 Å². The molecule has 0 radical (unpaired) electrons. The summed E-state index contributed by atoms with van der Waals surface area (Å²) in [7, 11) is -5.98. The summed E-state index contributed by atoms with van der Waals surface area (Å²) in [5, 5.41) is 1.96. The SMILES string of the molecule is CC(C)(C)OC(=O)N[C@@H]1CC(F)(F)CCC1OS(=O)(=O)C(F)(F)F. The number of alkyl halides is 5. The molecule has 0 aromatic carbocycles. The molecule has 2 atom stereocenters. The average molecular weight is 383 g/mol. The predicted octanol–water partition coefficient (Wildman–Crippen LogP) is 2.93. The largest absolute Gasteiger partial charge is 0.523 e. The molecule has 24 heavy (non-hydrogen) atoms. The molecule has 1 aliphatic carbocycles. The van der Waals surface area contributed by atoms with E-state index < -0.39 is 64.7 Å². The van der Waals surface area contributed by atoms with Gasteiger partial charge in [0.25, 0.3) is 0 Å². The van der Waals surface area contributed by atoms with Gasteiger partial charge in [0.2, 0.25) is 5.92 Å². The van der Waals surface area contributed by atoms with Gasteiger partial charge in [0.15, 0.2) is 0 Å². The maximum Gasteiger partial charge on any atom is 0.523 e. The van der Waals surface area contributed by atoms with Gasteiger partial charge >= 0.3 is 21.7 Å². The maximum atomic E-state index is 13.5. The molecule has 12 heteroatoms. The summed E-state index contributed by atoms with van der Waals surface area (Å²) in [6, 6.07) is -1.65. The molecule has 0 saturated heterocycles. The van der Waals surface area contributed by atoms with Crippen molar-refractivity contribution in [3.8, 4) is 0 Å². The summed E-state index contributed by atoms with van der Waals surface area (Å²) in [4.78, 5) is 11.6. The molecular weight excluding hydrogens is 365 g/mol. The van der Waals surface area contributed by atoms with Crippen LogP contribution in [0.1, 0.15) is 40.0 Å². The molecule has 1 fully saturated rings. The van der Waals surface area contributed by atoms with Crippen LogP contribution in [-0.2, 0) is 19.0 Å². The van der Waals surface area contributed by atoms with Crippen LogP contribution in [0, 0.1) is 0 Å². The molecule has 1 unspecified atom stereocenters. The third kappa shape index (κ3) is 6.04. The molecule has 1 aliphatic rings. The van der Waals surface area contributed by atoms with E-state index in [2.05, 4.69) is 4.18 Å². The fourth-order valence-corrected chi connectivity index (χ4v) is 2.71. The van der Waals surface area contributed by atoms with Crippen LogP contribution in [-0.4, -0.2) is 43.7 Å². The lowest BCUT2D eigenvalue weighted by molar-refractivity contribution is -0.0848. The van der Waals surface area contributed by atoms with Gasteiger partial charge in [-0.25, -0.2) is 13.6 Å². The Morgan fingerprint density at radius 2 is 1.75 bits per heavy atom. The highest BCUT2D eigenvalue weighted by Gasteiger charge is 2.52. The number of halogens is 5. The van der Waals surface area contributed by atoms with Gasteiger partial charge in [0, 0.05) is 12.8 Å². The Bertz CT molecular complexity index is 569. The van der Waals surface area contributed by atoms with E-state index in [0.717, 1.165) is 0 Å². The van der Waals surface area contributed by atoms with Crippen LogP contribution in [0.4, 0.5) is 26.7 Å². The van der Waals surface area contributed by atoms with E-state index >= 15 is 0 Å². The van der Waals surface area contributed by atoms with Crippen molar-refractivity contribution in [1.29, 1.82) is 0 Å². The van der Waals surface area contributed by atoms with E-state index in [1.54, 1.807) is 0 Å². The number of amides is 1. The second kappa shape index (κ2) is 6.62. The molecule has 1 amide bonds. The van der Waals surface area contributed by atoms with Gasteiger partial charge < -0.3 is 10.1 Å². The lowest BCUT2D eigenvalue weighted by Crippen LogP contribution is -2.53. The fourth-order valence-electron chi connectivity index (χ4n) is 2.05. The Balaban J connectivity index is 2.91. The molecule has 0 bridgehead atoms. The number of carbonyl (C=O) groups is 1. The van der Waals surface area contributed by atoms with E-state index in [0.29, 0.717) is 0 Å². The number of hydrogen-bond donors (Lipinski definition) is 1. The van der Waals surface area contributed by atoms with Crippen molar-refractivity contribution in [1.82, 2.24) is 5.32 Å². The van der Waals surface area contributed by atoms with Gasteiger partial charge in [-0.05, 0) is 27.2 Å².